The van der Waals surface area contributed by atoms with E-state index in [1.54, 1.807) is 24.3 Å². The summed E-state index contributed by atoms with van der Waals surface area (Å²) >= 11 is 0. The number of aliphatic hydroxyl groups is 1. The lowest BCUT2D eigenvalue weighted by Crippen LogP contribution is -2.27. The molecule has 0 bridgehead atoms. The second-order valence-electron chi connectivity index (χ2n) is 6.91. The monoisotopic (exact) mass is 371 g/mol. The molecule has 0 aliphatic heterocycles. The van der Waals surface area contributed by atoms with Crippen LogP contribution in [-0.2, 0) is 4.79 Å². The number of anilines is 1. The second-order valence-corrected chi connectivity index (χ2v) is 6.91. The molecule has 0 aliphatic rings. The Morgan fingerprint density at radius 1 is 1.22 bits per heavy atom. The predicted octanol–water partition coefficient (Wildman–Crippen LogP) is 4.11. The minimum atomic E-state index is -1.19. The predicted molar refractivity (Wildman–Crippen MR) is 101 cm³/mol. The Balaban J connectivity index is 1.88. The van der Waals surface area contributed by atoms with Crippen LogP contribution in [0.15, 0.2) is 36.4 Å². The molecule has 0 fully saturated rings. The van der Waals surface area contributed by atoms with Gasteiger partial charge in [-0.15, -0.1) is 0 Å². The molecule has 0 radical (unpaired) electrons. The van der Waals surface area contributed by atoms with Crippen LogP contribution in [0.2, 0.25) is 0 Å². The van der Waals surface area contributed by atoms with Crippen molar-refractivity contribution in [2.75, 3.05) is 5.32 Å². The lowest BCUT2D eigenvalue weighted by atomic mass is 10.1. The molecule has 1 amide bonds. The van der Waals surface area contributed by atoms with Crippen LogP contribution in [0, 0.1) is 11.6 Å². The number of benzene rings is 2. The molecule has 1 heterocycles. The Bertz CT molecular complexity index is 1000. The lowest BCUT2D eigenvalue weighted by Gasteiger charge is -2.16. The van der Waals surface area contributed by atoms with Crippen molar-refractivity contribution in [1.82, 2.24) is 10.2 Å². The van der Waals surface area contributed by atoms with Gasteiger partial charge in [0.05, 0.1) is 28.9 Å². The van der Waals surface area contributed by atoms with Gasteiger partial charge >= 0.3 is 0 Å². The van der Waals surface area contributed by atoms with Gasteiger partial charge in [-0.2, -0.15) is 5.10 Å². The minimum Gasteiger partial charge on any atom is -0.390 e. The molecule has 0 saturated heterocycles. The number of amides is 1. The number of carbonyl (C=O) groups is 1. The molecule has 0 saturated carbocycles. The van der Waals surface area contributed by atoms with E-state index in [0.717, 1.165) is 5.56 Å². The molecule has 7 heteroatoms. The highest BCUT2D eigenvalue weighted by molar-refractivity contribution is 5.96. The number of aromatic nitrogens is 2. The van der Waals surface area contributed by atoms with Crippen LogP contribution in [0.4, 0.5) is 14.5 Å². The number of hydrogen-bond donors (Lipinski definition) is 3. The smallest absolute Gasteiger partial charge is 0.227 e. The molecule has 0 atom stereocenters. The Morgan fingerprint density at radius 3 is 2.59 bits per heavy atom. The maximum Gasteiger partial charge on any atom is 0.227 e. The molecule has 3 rings (SSSR count). The average Bonchev–Trinajstić information content (AvgIpc) is 2.95. The van der Waals surface area contributed by atoms with Crippen LogP contribution >= 0.6 is 0 Å². The van der Waals surface area contributed by atoms with Gasteiger partial charge in [-0.25, -0.2) is 8.78 Å². The summed E-state index contributed by atoms with van der Waals surface area (Å²) in [6, 6.07) is 8.70. The Labute approximate surface area is 154 Å². The van der Waals surface area contributed by atoms with Gasteiger partial charge in [0.2, 0.25) is 5.91 Å². The first-order chi connectivity index (χ1) is 12.7. The fraction of sp³-hybridized carbons (Fsp3) is 0.200. The maximum atomic E-state index is 14.2. The summed E-state index contributed by atoms with van der Waals surface area (Å²) in [6.07, 6.45) is 3.31. The quantitative estimate of drug-likeness (QED) is 0.632. The largest absolute Gasteiger partial charge is 0.390 e. The average molecular weight is 371 g/mol. The highest BCUT2D eigenvalue weighted by Gasteiger charge is 2.19. The number of nitrogens with one attached hydrogen (secondary N) is 2. The lowest BCUT2D eigenvalue weighted by molar-refractivity contribution is -0.119. The fourth-order valence-corrected chi connectivity index (χ4v) is 2.62. The third-order valence-corrected chi connectivity index (χ3v) is 3.85. The summed E-state index contributed by atoms with van der Waals surface area (Å²) in [6.45, 7) is 3.00. The van der Waals surface area contributed by atoms with Gasteiger partial charge in [0.25, 0.3) is 0 Å². The van der Waals surface area contributed by atoms with Gasteiger partial charge in [0.1, 0.15) is 11.6 Å². The third-order valence-electron chi connectivity index (χ3n) is 3.85. The summed E-state index contributed by atoms with van der Waals surface area (Å²) in [5, 5.41) is 19.7. The zero-order valence-electron chi connectivity index (χ0n) is 14.9. The molecule has 0 aliphatic carbocycles. The third kappa shape index (κ3) is 4.77. The van der Waals surface area contributed by atoms with Crippen LogP contribution in [0.5, 0.6) is 0 Å². The first-order valence-electron chi connectivity index (χ1n) is 8.35. The van der Waals surface area contributed by atoms with Crippen molar-refractivity contribution in [3.8, 4) is 0 Å². The Kier molecular flexibility index (Phi) is 5.05. The van der Waals surface area contributed by atoms with Crippen molar-refractivity contribution in [2.24, 2.45) is 0 Å². The molecule has 140 valence electrons. The van der Waals surface area contributed by atoms with Gasteiger partial charge in [-0.05, 0) is 43.7 Å². The first kappa shape index (κ1) is 18.7. The van der Waals surface area contributed by atoms with E-state index in [1.165, 1.54) is 38.1 Å². The summed E-state index contributed by atoms with van der Waals surface area (Å²) in [5.41, 5.74) is 0.630. The van der Waals surface area contributed by atoms with E-state index in [1.807, 2.05) is 0 Å². The summed E-state index contributed by atoms with van der Waals surface area (Å²) in [5.74, 6) is -1.42. The molecule has 3 N–H and O–H groups in total. The number of H-pyrrole nitrogens is 1. The fourth-order valence-electron chi connectivity index (χ4n) is 2.62. The standard InChI is InChI=1S/C20H19F2N3O2/c1-20(2,27)11-19(26)23-18-9-14-16(24-25-17(14)10-15(18)22)8-5-12-3-6-13(21)7-4-12/h3-10,27H,11H2,1-2H3,(H,23,26)(H,24,25)/b8-5+. The van der Waals surface area contributed by atoms with Gasteiger partial charge < -0.3 is 10.4 Å². The molecule has 27 heavy (non-hydrogen) atoms. The number of carbonyl (C=O) groups excluding carboxylic acids is 1. The van der Waals surface area contributed by atoms with Crippen LogP contribution in [0.3, 0.4) is 0 Å². The first-order valence-corrected chi connectivity index (χ1v) is 8.35. The van der Waals surface area contributed by atoms with E-state index in [2.05, 4.69) is 15.5 Å². The molecule has 5 nitrogen and oxygen atoms in total. The van der Waals surface area contributed by atoms with E-state index >= 15 is 0 Å². The molecule has 3 aromatic rings. The number of hydrogen-bond acceptors (Lipinski definition) is 3. The van der Waals surface area contributed by atoms with E-state index in [0.29, 0.717) is 16.6 Å². The van der Waals surface area contributed by atoms with Crippen LogP contribution in [0.25, 0.3) is 23.1 Å². The molecule has 2 aromatic carbocycles. The second kappa shape index (κ2) is 7.28. The highest BCUT2D eigenvalue weighted by atomic mass is 19.1. The van der Waals surface area contributed by atoms with Crippen LogP contribution in [-0.4, -0.2) is 26.8 Å². The summed E-state index contributed by atoms with van der Waals surface area (Å²) in [4.78, 5) is 12.0. The Hall–Kier alpha value is -3.06. The number of nitrogens with zero attached hydrogens (tertiary/aromatic N) is 1. The maximum absolute atomic E-state index is 14.2. The van der Waals surface area contributed by atoms with Gasteiger partial charge in [0, 0.05) is 11.5 Å². The number of aromatic amines is 1. The zero-order chi connectivity index (χ0) is 19.6. The molecular formula is C20H19F2N3O2. The molecule has 0 unspecified atom stereocenters. The SMILES string of the molecule is CC(C)(O)CC(=O)Nc1cc2c(/C=C/c3ccc(F)cc3)n[nH]c2cc1F. The molecular weight excluding hydrogens is 352 g/mol. The Morgan fingerprint density at radius 2 is 1.93 bits per heavy atom. The van der Waals surface area contributed by atoms with E-state index in [4.69, 9.17) is 0 Å². The van der Waals surface area contributed by atoms with Crippen molar-refractivity contribution in [3.63, 3.8) is 0 Å². The van der Waals surface area contributed by atoms with E-state index in [-0.39, 0.29) is 17.9 Å². The van der Waals surface area contributed by atoms with E-state index < -0.39 is 17.3 Å². The van der Waals surface area contributed by atoms with Gasteiger partial charge in [0.15, 0.2) is 0 Å². The van der Waals surface area contributed by atoms with Crippen molar-refractivity contribution in [3.05, 3.63) is 59.3 Å². The molecule has 1 aromatic heterocycles. The number of halogens is 2. The van der Waals surface area contributed by atoms with E-state index in [9.17, 15) is 18.7 Å². The minimum absolute atomic E-state index is 0.00887. The summed E-state index contributed by atoms with van der Waals surface area (Å²) in [7, 11) is 0. The van der Waals surface area contributed by atoms with Crippen molar-refractivity contribution in [2.45, 2.75) is 25.9 Å². The van der Waals surface area contributed by atoms with Crippen LogP contribution < -0.4 is 5.32 Å². The summed E-state index contributed by atoms with van der Waals surface area (Å²) < 4.78 is 27.2. The number of fused-ring (bicyclic) bond motifs is 1. The van der Waals surface area contributed by atoms with Crippen molar-refractivity contribution < 1.29 is 18.7 Å². The van der Waals surface area contributed by atoms with Crippen LogP contribution in [0.1, 0.15) is 31.5 Å². The highest BCUT2D eigenvalue weighted by Crippen LogP contribution is 2.26. The topological polar surface area (TPSA) is 78.0 Å². The number of rotatable bonds is 5. The van der Waals surface area contributed by atoms with Crippen molar-refractivity contribution in [1.29, 1.82) is 0 Å². The molecule has 0 spiro atoms. The van der Waals surface area contributed by atoms with Crippen molar-refractivity contribution >= 4 is 34.6 Å². The normalized spacial score (nSPS) is 12.0. The zero-order valence-corrected chi connectivity index (χ0v) is 14.9. The van der Waals surface area contributed by atoms with Gasteiger partial charge in [-0.3, -0.25) is 9.89 Å². The van der Waals surface area contributed by atoms with Gasteiger partial charge in [-0.1, -0.05) is 18.2 Å².